The second-order valence-corrected chi connectivity index (χ2v) is 6.89. The lowest BCUT2D eigenvalue weighted by atomic mass is 9.87. The van der Waals surface area contributed by atoms with E-state index in [1.54, 1.807) is 7.11 Å². The van der Waals surface area contributed by atoms with Crippen molar-refractivity contribution in [1.82, 2.24) is 15.3 Å². The molecule has 2 aliphatic carbocycles. The standard InChI is InChI=1S/C17H27N3O/c1-11(2)16(21-3)17-19-10-13-8-12(4-7-15(13)20-17)9-18-14-5-6-14/h10-12,14,16,18H,4-9H2,1-3H3. The molecule has 0 spiro atoms. The molecule has 21 heavy (non-hydrogen) atoms. The Balaban J connectivity index is 1.66. The van der Waals surface area contributed by atoms with Gasteiger partial charge in [-0.05, 0) is 56.0 Å². The van der Waals surface area contributed by atoms with E-state index in [0.717, 1.165) is 37.2 Å². The summed E-state index contributed by atoms with van der Waals surface area (Å²) < 4.78 is 5.55. The average Bonchev–Trinajstić information content (AvgIpc) is 3.29. The first-order chi connectivity index (χ1) is 10.2. The number of methoxy groups -OCH3 is 1. The summed E-state index contributed by atoms with van der Waals surface area (Å²) in [6, 6.07) is 0.804. The van der Waals surface area contributed by atoms with E-state index in [-0.39, 0.29) is 6.10 Å². The van der Waals surface area contributed by atoms with Gasteiger partial charge in [0, 0.05) is 25.0 Å². The second kappa shape index (κ2) is 6.41. The number of fused-ring (bicyclic) bond motifs is 1. The predicted molar refractivity (Wildman–Crippen MR) is 83.2 cm³/mol. The first-order valence-corrected chi connectivity index (χ1v) is 8.28. The van der Waals surface area contributed by atoms with Gasteiger partial charge in [-0.2, -0.15) is 0 Å². The Morgan fingerprint density at radius 2 is 2.14 bits per heavy atom. The Kier molecular flexibility index (Phi) is 4.55. The highest BCUT2D eigenvalue weighted by Gasteiger charge is 2.26. The molecule has 0 aromatic carbocycles. The van der Waals surface area contributed by atoms with Gasteiger partial charge in [0.25, 0.3) is 0 Å². The van der Waals surface area contributed by atoms with E-state index < -0.39 is 0 Å². The van der Waals surface area contributed by atoms with Crippen molar-refractivity contribution < 1.29 is 4.74 Å². The number of hydrogen-bond acceptors (Lipinski definition) is 4. The maximum Gasteiger partial charge on any atom is 0.157 e. The van der Waals surface area contributed by atoms with Crippen LogP contribution in [0.5, 0.6) is 0 Å². The molecule has 0 amide bonds. The molecule has 1 N–H and O–H groups in total. The summed E-state index contributed by atoms with van der Waals surface area (Å²) in [5.74, 6) is 1.99. The fraction of sp³-hybridized carbons (Fsp3) is 0.765. The van der Waals surface area contributed by atoms with Crippen LogP contribution in [0.3, 0.4) is 0 Å². The number of hydrogen-bond donors (Lipinski definition) is 1. The third-order valence-corrected chi connectivity index (χ3v) is 4.66. The van der Waals surface area contributed by atoms with Gasteiger partial charge in [0.05, 0.1) is 0 Å². The van der Waals surface area contributed by atoms with Gasteiger partial charge in [0.2, 0.25) is 0 Å². The van der Waals surface area contributed by atoms with E-state index >= 15 is 0 Å². The van der Waals surface area contributed by atoms with Crippen molar-refractivity contribution >= 4 is 0 Å². The highest BCUT2D eigenvalue weighted by molar-refractivity contribution is 5.22. The van der Waals surface area contributed by atoms with E-state index in [1.807, 2.05) is 6.20 Å². The van der Waals surface area contributed by atoms with E-state index in [9.17, 15) is 0 Å². The molecule has 1 aromatic heterocycles. The van der Waals surface area contributed by atoms with E-state index in [2.05, 4.69) is 24.1 Å². The summed E-state index contributed by atoms with van der Waals surface area (Å²) >= 11 is 0. The average molecular weight is 289 g/mol. The van der Waals surface area contributed by atoms with Gasteiger partial charge in [-0.3, -0.25) is 0 Å². The zero-order valence-electron chi connectivity index (χ0n) is 13.4. The first kappa shape index (κ1) is 14.9. The Morgan fingerprint density at radius 1 is 1.33 bits per heavy atom. The fourth-order valence-corrected chi connectivity index (χ4v) is 3.21. The largest absolute Gasteiger partial charge is 0.373 e. The lowest BCUT2D eigenvalue weighted by molar-refractivity contribution is 0.0571. The molecule has 3 rings (SSSR count). The molecule has 116 valence electrons. The number of aryl methyl sites for hydroxylation is 1. The van der Waals surface area contributed by atoms with E-state index in [0.29, 0.717) is 5.92 Å². The molecule has 2 atom stereocenters. The molecule has 2 aliphatic rings. The molecule has 4 nitrogen and oxygen atoms in total. The van der Waals surface area contributed by atoms with Crippen molar-refractivity contribution in [3.63, 3.8) is 0 Å². The van der Waals surface area contributed by atoms with Gasteiger partial charge < -0.3 is 10.1 Å². The minimum atomic E-state index is 0.00422. The zero-order valence-corrected chi connectivity index (χ0v) is 13.4. The van der Waals surface area contributed by atoms with Gasteiger partial charge in [0.15, 0.2) is 5.82 Å². The number of nitrogens with zero attached hydrogens (tertiary/aromatic N) is 2. The number of aromatic nitrogens is 2. The maximum absolute atomic E-state index is 5.55. The van der Waals surface area contributed by atoms with Gasteiger partial charge in [-0.25, -0.2) is 9.97 Å². The van der Waals surface area contributed by atoms with Crippen LogP contribution >= 0.6 is 0 Å². The molecule has 0 saturated heterocycles. The lowest BCUT2D eigenvalue weighted by Crippen LogP contribution is -2.29. The number of ether oxygens (including phenoxy) is 1. The van der Waals surface area contributed by atoms with Crippen LogP contribution in [-0.4, -0.2) is 29.7 Å². The Morgan fingerprint density at radius 3 is 2.81 bits per heavy atom. The molecular formula is C17H27N3O. The SMILES string of the molecule is COC(c1ncc2c(n1)CCC(CNC1CC1)C2)C(C)C. The molecule has 0 radical (unpaired) electrons. The molecule has 2 unspecified atom stereocenters. The first-order valence-electron chi connectivity index (χ1n) is 8.28. The summed E-state index contributed by atoms with van der Waals surface area (Å²) in [5.41, 5.74) is 2.58. The van der Waals surface area contributed by atoms with Gasteiger partial charge in [-0.1, -0.05) is 13.8 Å². The predicted octanol–water partition coefficient (Wildman–Crippen LogP) is 2.68. The van der Waals surface area contributed by atoms with Crippen LogP contribution < -0.4 is 5.32 Å². The quantitative estimate of drug-likeness (QED) is 0.874. The van der Waals surface area contributed by atoms with Crippen LogP contribution in [0.4, 0.5) is 0 Å². The Hall–Kier alpha value is -1.00. The minimum absolute atomic E-state index is 0.00422. The number of nitrogens with one attached hydrogen (secondary N) is 1. The minimum Gasteiger partial charge on any atom is -0.373 e. The molecule has 1 aromatic rings. The lowest BCUT2D eigenvalue weighted by Gasteiger charge is -2.25. The number of rotatable bonds is 6. The van der Waals surface area contributed by atoms with E-state index in [4.69, 9.17) is 9.72 Å². The summed E-state index contributed by atoms with van der Waals surface area (Å²) in [5, 5.41) is 3.65. The highest BCUT2D eigenvalue weighted by Crippen LogP contribution is 2.28. The molecule has 0 aliphatic heterocycles. The van der Waals surface area contributed by atoms with Crippen LogP contribution in [0.25, 0.3) is 0 Å². The van der Waals surface area contributed by atoms with Gasteiger partial charge >= 0.3 is 0 Å². The summed E-state index contributed by atoms with van der Waals surface area (Å²) in [6.07, 6.45) is 8.21. The van der Waals surface area contributed by atoms with E-state index in [1.165, 1.54) is 30.5 Å². The third-order valence-electron chi connectivity index (χ3n) is 4.66. The van der Waals surface area contributed by atoms with Crippen molar-refractivity contribution in [2.75, 3.05) is 13.7 Å². The van der Waals surface area contributed by atoms with Crippen molar-refractivity contribution in [2.45, 2.75) is 58.1 Å². The van der Waals surface area contributed by atoms with Crippen molar-refractivity contribution in [3.8, 4) is 0 Å². The molecule has 0 bridgehead atoms. The zero-order chi connectivity index (χ0) is 14.8. The van der Waals surface area contributed by atoms with Crippen molar-refractivity contribution in [3.05, 3.63) is 23.3 Å². The molecule has 1 saturated carbocycles. The van der Waals surface area contributed by atoms with Gasteiger partial charge in [-0.15, -0.1) is 0 Å². The second-order valence-electron chi connectivity index (χ2n) is 6.89. The molecule has 1 heterocycles. The Labute approximate surface area is 127 Å². The van der Waals surface area contributed by atoms with Crippen LogP contribution in [0.15, 0.2) is 6.20 Å². The fourth-order valence-electron chi connectivity index (χ4n) is 3.21. The topological polar surface area (TPSA) is 47.0 Å². The smallest absolute Gasteiger partial charge is 0.157 e. The summed E-state index contributed by atoms with van der Waals surface area (Å²) in [7, 11) is 1.74. The monoisotopic (exact) mass is 289 g/mol. The molecular weight excluding hydrogens is 262 g/mol. The molecule has 1 fully saturated rings. The summed E-state index contributed by atoms with van der Waals surface area (Å²) in [6.45, 7) is 5.45. The van der Waals surface area contributed by atoms with Crippen LogP contribution in [0.1, 0.15) is 56.3 Å². The van der Waals surface area contributed by atoms with Crippen molar-refractivity contribution in [2.24, 2.45) is 11.8 Å². The van der Waals surface area contributed by atoms with Crippen molar-refractivity contribution in [1.29, 1.82) is 0 Å². The van der Waals surface area contributed by atoms with Crippen LogP contribution in [0, 0.1) is 11.8 Å². The van der Waals surface area contributed by atoms with Crippen LogP contribution in [0.2, 0.25) is 0 Å². The maximum atomic E-state index is 5.55. The molecule has 4 heteroatoms. The summed E-state index contributed by atoms with van der Waals surface area (Å²) in [4.78, 5) is 9.36. The van der Waals surface area contributed by atoms with Gasteiger partial charge in [0.1, 0.15) is 6.10 Å². The third kappa shape index (κ3) is 3.61. The Bertz CT molecular complexity index is 485. The normalized spacial score (nSPS) is 23.1. The highest BCUT2D eigenvalue weighted by atomic mass is 16.5. The van der Waals surface area contributed by atoms with Crippen LogP contribution in [-0.2, 0) is 17.6 Å².